The third kappa shape index (κ3) is 1.66. The molecule has 0 unspecified atom stereocenters. The standard InChI is InChI=1S/C11H14BrNSi/c1-14(2,3)10-7-8-5-4-6-9(12)11(8)13-10/h4-7,13H,1-3H3. The molecular formula is C11H14BrNSi. The number of nitrogens with one attached hydrogen (secondary N) is 1. The third-order valence-corrected chi connectivity index (χ3v) is 4.96. The molecule has 0 spiro atoms. The van der Waals surface area contributed by atoms with Crippen LogP contribution in [0.1, 0.15) is 0 Å². The van der Waals surface area contributed by atoms with Gasteiger partial charge in [-0.15, -0.1) is 0 Å². The molecule has 74 valence electrons. The minimum atomic E-state index is -1.22. The molecular weight excluding hydrogens is 254 g/mol. The number of para-hydroxylation sites is 1. The number of hydrogen-bond donors (Lipinski definition) is 1. The highest BCUT2D eigenvalue weighted by Crippen LogP contribution is 2.22. The van der Waals surface area contributed by atoms with Crippen molar-refractivity contribution >= 4 is 40.2 Å². The lowest BCUT2D eigenvalue weighted by Crippen LogP contribution is -2.38. The topological polar surface area (TPSA) is 15.8 Å². The van der Waals surface area contributed by atoms with Gasteiger partial charge in [0.15, 0.2) is 0 Å². The van der Waals surface area contributed by atoms with Crippen LogP contribution in [0.25, 0.3) is 10.9 Å². The van der Waals surface area contributed by atoms with Gasteiger partial charge in [0, 0.05) is 9.86 Å². The summed E-state index contributed by atoms with van der Waals surface area (Å²) in [6, 6.07) is 8.59. The molecule has 3 heteroatoms. The van der Waals surface area contributed by atoms with Crippen LogP contribution in [0.5, 0.6) is 0 Å². The second-order valence-corrected chi connectivity index (χ2v) is 10.5. The van der Waals surface area contributed by atoms with E-state index in [4.69, 9.17) is 0 Å². The van der Waals surface area contributed by atoms with Crippen LogP contribution in [0.4, 0.5) is 0 Å². The molecule has 1 heterocycles. The second-order valence-electron chi connectivity index (χ2n) is 4.64. The van der Waals surface area contributed by atoms with Gasteiger partial charge in [0.25, 0.3) is 0 Å². The largest absolute Gasteiger partial charge is 0.361 e. The molecule has 0 aliphatic rings. The van der Waals surface area contributed by atoms with Crippen molar-refractivity contribution in [3.05, 3.63) is 28.7 Å². The van der Waals surface area contributed by atoms with Gasteiger partial charge in [-0.3, -0.25) is 0 Å². The molecule has 1 nitrogen and oxygen atoms in total. The monoisotopic (exact) mass is 267 g/mol. The van der Waals surface area contributed by atoms with Crippen molar-refractivity contribution < 1.29 is 0 Å². The Balaban J connectivity index is 2.69. The number of rotatable bonds is 1. The van der Waals surface area contributed by atoms with Gasteiger partial charge >= 0.3 is 0 Å². The van der Waals surface area contributed by atoms with Crippen molar-refractivity contribution in [3.8, 4) is 0 Å². The van der Waals surface area contributed by atoms with Gasteiger partial charge < -0.3 is 4.98 Å². The first-order valence-electron chi connectivity index (χ1n) is 4.76. The van der Waals surface area contributed by atoms with Crippen molar-refractivity contribution in [2.45, 2.75) is 19.6 Å². The fourth-order valence-electron chi connectivity index (χ4n) is 1.52. The Morgan fingerprint density at radius 1 is 1.21 bits per heavy atom. The summed E-state index contributed by atoms with van der Waals surface area (Å²) < 4.78 is 1.15. The second kappa shape index (κ2) is 3.24. The molecule has 0 saturated heterocycles. The van der Waals surface area contributed by atoms with E-state index in [9.17, 15) is 0 Å². The van der Waals surface area contributed by atoms with E-state index < -0.39 is 8.07 Å². The normalized spacial score (nSPS) is 12.3. The minimum Gasteiger partial charge on any atom is -0.361 e. The zero-order valence-corrected chi connectivity index (χ0v) is 11.3. The van der Waals surface area contributed by atoms with Gasteiger partial charge in [-0.2, -0.15) is 0 Å². The number of H-pyrrole nitrogens is 1. The SMILES string of the molecule is C[Si](C)(C)c1cc2cccc(Br)c2[nH]1. The van der Waals surface area contributed by atoms with Crippen molar-refractivity contribution in [1.82, 2.24) is 4.98 Å². The van der Waals surface area contributed by atoms with Gasteiger partial charge in [0.2, 0.25) is 0 Å². The average Bonchev–Trinajstić information content (AvgIpc) is 2.48. The number of aromatic nitrogens is 1. The van der Waals surface area contributed by atoms with E-state index in [2.05, 4.69) is 64.8 Å². The predicted octanol–water partition coefficient (Wildman–Crippen LogP) is 3.48. The lowest BCUT2D eigenvalue weighted by Gasteiger charge is -2.12. The van der Waals surface area contributed by atoms with E-state index in [0.29, 0.717) is 0 Å². The first-order valence-corrected chi connectivity index (χ1v) is 9.05. The molecule has 2 aromatic rings. The van der Waals surface area contributed by atoms with Crippen LogP contribution in [0.15, 0.2) is 28.7 Å². The Morgan fingerprint density at radius 2 is 1.93 bits per heavy atom. The van der Waals surface area contributed by atoms with Gasteiger partial charge in [0.1, 0.15) is 0 Å². The molecule has 1 aromatic carbocycles. The van der Waals surface area contributed by atoms with E-state index in [0.717, 1.165) is 4.47 Å². The van der Waals surface area contributed by atoms with Crippen LogP contribution in [0.3, 0.4) is 0 Å². The van der Waals surface area contributed by atoms with Crippen molar-refractivity contribution in [2.75, 3.05) is 0 Å². The third-order valence-electron chi connectivity index (χ3n) is 2.41. The number of hydrogen-bond acceptors (Lipinski definition) is 0. The van der Waals surface area contributed by atoms with Gasteiger partial charge in [-0.1, -0.05) is 31.8 Å². The molecule has 1 N–H and O–H groups in total. The molecule has 2 rings (SSSR count). The molecule has 0 amide bonds. The van der Waals surface area contributed by atoms with E-state index in [-0.39, 0.29) is 0 Å². The highest BCUT2D eigenvalue weighted by molar-refractivity contribution is 9.10. The summed E-state index contributed by atoms with van der Waals surface area (Å²) in [6.45, 7) is 7.06. The molecule has 0 radical (unpaired) electrons. The fraction of sp³-hybridized carbons (Fsp3) is 0.273. The van der Waals surface area contributed by atoms with Gasteiger partial charge in [-0.25, -0.2) is 0 Å². The molecule has 1 aromatic heterocycles. The highest BCUT2D eigenvalue weighted by Gasteiger charge is 2.19. The Hall–Kier alpha value is -0.543. The quantitative estimate of drug-likeness (QED) is 0.762. The smallest absolute Gasteiger partial charge is 0.0982 e. The lowest BCUT2D eigenvalue weighted by atomic mass is 10.3. The zero-order chi connectivity index (χ0) is 10.3. The maximum absolute atomic E-state index is 3.56. The van der Waals surface area contributed by atoms with Crippen LogP contribution >= 0.6 is 15.9 Å². The van der Waals surface area contributed by atoms with Crippen LogP contribution in [-0.2, 0) is 0 Å². The molecule has 0 aliphatic carbocycles. The Kier molecular flexibility index (Phi) is 2.31. The Bertz CT molecular complexity index is 468. The van der Waals surface area contributed by atoms with Gasteiger partial charge in [0.05, 0.1) is 13.6 Å². The summed E-state index contributed by atoms with van der Waals surface area (Å²) in [4.78, 5) is 3.52. The maximum Gasteiger partial charge on any atom is 0.0982 e. The summed E-state index contributed by atoms with van der Waals surface area (Å²) in [5.74, 6) is 0. The van der Waals surface area contributed by atoms with E-state index in [1.807, 2.05) is 0 Å². The highest BCUT2D eigenvalue weighted by atomic mass is 79.9. The first kappa shape index (κ1) is 9.99. The van der Waals surface area contributed by atoms with Crippen molar-refractivity contribution in [3.63, 3.8) is 0 Å². The van der Waals surface area contributed by atoms with Crippen LogP contribution in [0.2, 0.25) is 19.6 Å². The number of halogens is 1. The molecule has 0 bridgehead atoms. The summed E-state index contributed by atoms with van der Waals surface area (Å²) in [7, 11) is -1.22. The van der Waals surface area contributed by atoms with Crippen LogP contribution in [0, 0.1) is 0 Å². The number of aromatic amines is 1. The summed E-state index contributed by atoms with van der Waals surface area (Å²) in [5.41, 5.74) is 1.23. The molecule has 14 heavy (non-hydrogen) atoms. The lowest BCUT2D eigenvalue weighted by molar-refractivity contribution is 1.49. The minimum absolute atomic E-state index is 1.15. The summed E-state index contributed by atoms with van der Waals surface area (Å²) in [6.07, 6.45) is 0. The van der Waals surface area contributed by atoms with Crippen LogP contribution in [-0.4, -0.2) is 13.1 Å². The zero-order valence-electron chi connectivity index (χ0n) is 8.69. The van der Waals surface area contributed by atoms with Gasteiger partial charge in [-0.05, 0) is 33.4 Å². The fourth-order valence-corrected chi connectivity index (χ4v) is 3.09. The maximum atomic E-state index is 3.56. The first-order chi connectivity index (χ1) is 6.48. The Morgan fingerprint density at radius 3 is 2.50 bits per heavy atom. The number of benzene rings is 1. The van der Waals surface area contributed by atoms with E-state index >= 15 is 0 Å². The molecule has 0 aliphatic heterocycles. The molecule has 0 fully saturated rings. The predicted molar refractivity (Wildman–Crippen MR) is 69.0 cm³/mol. The van der Waals surface area contributed by atoms with Crippen LogP contribution < -0.4 is 5.32 Å². The summed E-state index contributed by atoms with van der Waals surface area (Å²) >= 11 is 3.56. The number of fused-ring (bicyclic) bond motifs is 1. The Labute approximate surface area is 93.7 Å². The van der Waals surface area contributed by atoms with E-state index in [1.54, 1.807) is 0 Å². The van der Waals surface area contributed by atoms with Crippen molar-refractivity contribution in [2.24, 2.45) is 0 Å². The average molecular weight is 268 g/mol. The van der Waals surface area contributed by atoms with Crippen molar-refractivity contribution in [1.29, 1.82) is 0 Å². The van der Waals surface area contributed by atoms with E-state index in [1.165, 1.54) is 16.2 Å². The molecule has 0 saturated carbocycles. The summed E-state index contributed by atoms with van der Waals surface area (Å²) in [5, 5.41) is 2.72. The molecule has 0 atom stereocenters.